The van der Waals surface area contributed by atoms with Gasteiger partial charge in [0.15, 0.2) is 0 Å². The van der Waals surface area contributed by atoms with Crippen LogP contribution in [-0.4, -0.2) is 42.0 Å². The zero-order valence-electron chi connectivity index (χ0n) is 16.8. The molecule has 0 N–H and O–H groups in total. The number of benzene rings is 2. The molecule has 0 saturated carbocycles. The molecule has 0 unspecified atom stereocenters. The molecule has 8 heteroatoms. The predicted molar refractivity (Wildman–Crippen MR) is 114 cm³/mol. The lowest BCUT2D eigenvalue weighted by Gasteiger charge is -2.18. The molecule has 1 fully saturated rings. The number of carbonyl (C=O) groups is 1. The van der Waals surface area contributed by atoms with E-state index in [1.54, 1.807) is 47.1 Å². The van der Waals surface area contributed by atoms with Crippen LogP contribution in [0, 0.1) is 0 Å². The molecule has 0 bridgehead atoms. The maximum atomic E-state index is 12.9. The van der Waals surface area contributed by atoms with Crippen LogP contribution in [-0.2, 0) is 27.9 Å². The predicted octanol–water partition coefficient (Wildman–Crippen LogP) is 2.88. The van der Waals surface area contributed by atoms with Crippen LogP contribution >= 0.6 is 0 Å². The normalized spacial score (nSPS) is 14.6. The molecule has 1 saturated heterocycles. The molecule has 0 radical (unpaired) electrons. The molecular formula is C22H24N4O3S. The quantitative estimate of drug-likeness (QED) is 0.584. The first-order valence-electron chi connectivity index (χ1n) is 9.85. The van der Waals surface area contributed by atoms with Crippen molar-refractivity contribution in [1.82, 2.24) is 14.1 Å². The van der Waals surface area contributed by atoms with Gasteiger partial charge in [-0.25, -0.2) is 8.42 Å². The summed E-state index contributed by atoms with van der Waals surface area (Å²) in [5.74, 6) is 0.0789. The molecule has 156 valence electrons. The minimum absolute atomic E-state index is 0.0789. The van der Waals surface area contributed by atoms with Gasteiger partial charge in [-0.1, -0.05) is 30.3 Å². The Morgan fingerprint density at radius 2 is 1.77 bits per heavy atom. The van der Waals surface area contributed by atoms with Gasteiger partial charge >= 0.3 is 0 Å². The van der Waals surface area contributed by atoms with Gasteiger partial charge < -0.3 is 4.90 Å². The van der Waals surface area contributed by atoms with E-state index in [2.05, 4.69) is 5.10 Å². The highest BCUT2D eigenvalue weighted by atomic mass is 32.2. The van der Waals surface area contributed by atoms with Crippen LogP contribution in [0.4, 0.5) is 5.69 Å². The lowest BCUT2D eigenvalue weighted by atomic mass is 10.2. The van der Waals surface area contributed by atoms with Crippen LogP contribution in [0.2, 0.25) is 0 Å². The van der Waals surface area contributed by atoms with E-state index in [4.69, 9.17) is 0 Å². The fourth-order valence-corrected chi connectivity index (χ4v) is 4.75. The Kier molecular flexibility index (Phi) is 5.69. The van der Waals surface area contributed by atoms with E-state index in [1.165, 1.54) is 4.31 Å². The van der Waals surface area contributed by atoms with E-state index in [0.29, 0.717) is 19.5 Å². The van der Waals surface area contributed by atoms with Crippen molar-refractivity contribution in [2.45, 2.75) is 30.8 Å². The largest absolute Gasteiger partial charge is 0.312 e. The number of hydrogen-bond acceptors (Lipinski definition) is 4. The van der Waals surface area contributed by atoms with Crippen molar-refractivity contribution in [2.75, 3.05) is 18.5 Å². The molecule has 0 spiro atoms. The Balaban J connectivity index is 1.43. The summed E-state index contributed by atoms with van der Waals surface area (Å²) < 4.78 is 29.0. The molecule has 1 aromatic heterocycles. The van der Waals surface area contributed by atoms with E-state index in [1.807, 2.05) is 36.5 Å². The van der Waals surface area contributed by atoms with E-state index in [9.17, 15) is 13.2 Å². The molecule has 1 aliphatic heterocycles. The minimum Gasteiger partial charge on any atom is -0.312 e. The van der Waals surface area contributed by atoms with Gasteiger partial charge in [-0.3, -0.25) is 9.48 Å². The highest BCUT2D eigenvalue weighted by Crippen LogP contribution is 2.24. The second kappa shape index (κ2) is 8.41. The van der Waals surface area contributed by atoms with Gasteiger partial charge in [-0.05, 0) is 36.2 Å². The smallest absolute Gasteiger partial charge is 0.243 e. The fraction of sp³-hybridized carbons (Fsp3) is 0.273. The highest BCUT2D eigenvalue weighted by molar-refractivity contribution is 7.89. The number of hydrogen-bond donors (Lipinski definition) is 0. The summed E-state index contributed by atoms with van der Waals surface area (Å²) in [7, 11) is -2.09. The van der Waals surface area contributed by atoms with E-state index in [0.717, 1.165) is 23.2 Å². The first-order valence-corrected chi connectivity index (χ1v) is 11.3. The van der Waals surface area contributed by atoms with Crippen molar-refractivity contribution in [3.8, 4) is 0 Å². The number of carbonyl (C=O) groups excluding carboxylic acids is 1. The van der Waals surface area contributed by atoms with Gasteiger partial charge in [0.1, 0.15) is 0 Å². The molecular weight excluding hydrogens is 400 g/mol. The third-order valence-electron chi connectivity index (χ3n) is 5.21. The Hall–Kier alpha value is -2.97. The molecule has 0 aliphatic carbocycles. The van der Waals surface area contributed by atoms with Crippen molar-refractivity contribution in [3.05, 3.63) is 78.1 Å². The summed E-state index contributed by atoms with van der Waals surface area (Å²) in [5.41, 5.74) is 2.68. The zero-order chi connectivity index (χ0) is 21.1. The number of amides is 1. The van der Waals surface area contributed by atoms with E-state index >= 15 is 0 Å². The summed E-state index contributed by atoms with van der Waals surface area (Å²) in [6.45, 7) is 1.54. The van der Waals surface area contributed by atoms with Crippen LogP contribution in [0.3, 0.4) is 0 Å². The van der Waals surface area contributed by atoms with Crippen molar-refractivity contribution >= 4 is 21.6 Å². The standard InChI is InChI=1S/C22H24N4O3S/c1-24(15-19-14-23-25(17-19)16-18-6-3-2-4-7-18)30(28,29)21-11-9-20(10-12-21)26-13-5-8-22(26)27/h2-4,6-7,9-12,14,17H,5,8,13,15-16H2,1H3. The van der Waals surface area contributed by atoms with E-state index in [-0.39, 0.29) is 17.3 Å². The number of sulfonamides is 1. The van der Waals surface area contributed by atoms with Gasteiger partial charge in [-0.15, -0.1) is 0 Å². The summed E-state index contributed by atoms with van der Waals surface area (Å²) in [6, 6.07) is 16.5. The SMILES string of the molecule is CN(Cc1cnn(Cc2ccccc2)c1)S(=O)(=O)c1ccc(N2CCCC2=O)cc1. The molecule has 30 heavy (non-hydrogen) atoms. The zero-order valence-corrected chi connectivity index (χ0v) is 17.6. The van der Waals surface area contributed by atoms with Gasteiger partial charge in [0, 0.05) is 44.0 Å². The van der Waals surface area contributed by atoms with Crippen molar-refractivity contribution in [2.24, 2.45) is 0 Å². The third-order valence-corrected chi connectivity index (χ3v) is 7.03. The highest BCUT2D eigenvalue weighted by Gasteiger charge is 2.24. The van der Waals surface area contributed by atoms with Gasteiger partial charge in [0.2, 0.25) is 15.9 Å². The number of nitrogens with zero attached hydrogens (tertiary/aromatic N) is 4. The summed E-state index contributed by atoms with van der Waals surface area (Å²) in [4.78, 5) is 13.8. The second-order valence-electron chi connectivity index (χ2n) is 7.44. The van der Waals surface area contributed by atoms with Gasteiger partial charge in [0.05, 0.1) is 17.6 Å². The Bertz CT molecular complexity index is 1120. The lowest BCUT2D eigenvalue weighted by molar-refractivity contribution is -0.117. The Labute approximate surface area is 176 Å². The molecule has 2 aromatic carbocycles. The lowest BCUT2D eigenvalue weighted by Crippen LogP contribution is -2.27. The summed E-state index contributed by atoms with van der Waals surface area (Å²) in [5, 5.41) is 4.34. The first kappa shape index (κ1) is 20.3. The topological polar surface area (TPSA) is 75.5 Å². The maximum absolute atomic E-state index is 12.9. The molecule has 2 heterocycles. The second-order valence-corrected chi connectivity index (χ2v) is 9.48. The van der Waals surface area contributed by atoms with Crippen LogP contribution in [0.25, 0.3) is 0 Å². The number of anilines is 1. The van der Waals surface area contributed by atoms with E-state index < -0.39 is 10.0 Å². The van der Waals surface area contributed by atoms with Crippen LogP contribution in [0.5, 0.6) is 0 Å². The summed E-state index contributed by atoms with van der Waals surface area (Å²) >= 11 is 0. The average Bonchev–Trinajstić information content (AvgIpc) is 3.37. The molecule has 1 aliphatic rings. The number of rotatable bonds is 7. The third kappa shape index (κ3) is 4.29. The molecule has 4 rings (SSSR count). The van der Waals surface area contributed by atoms with Crippen molar-refractivity contribution in [3.63, 3.8) is 0 Å². The first-order chi connectivity index (χ1) is 14.4. The Morgan fingerprint density at radius 3 is 2.43 bits per heavy atom. The summed E-state index contributed by atoms with van der Waals surface area (Å²) in [6.07, 6.45) is 4.93. The maximum Gasteiger partial charge on any atom is 0.243 e. The molecule has 1 amide bonds. The van der Waals surface area contributed by atoms with Gasteiger partial charge in [-0.2, -0.15) is 9.40 Å². The molecule has 0 atom stereocenters. The minimum atomic E-state index is -3.65. The fourth-order valence-electron chi connectivity index (χ4n) is 3.59. The van der Waals surface area contributed by atoms with Crippen LogP contribution < -0.4 is 4.90 Å². The molecule has 3 aromatic rings. The number of aromatic nitrogens is 2. The Morgan fingerprint density at radius 1 is 1.03 bits per heavy atom. The van der Waals surface area contributed by atoms with Crippen LogP contribution in [0.15, 0.2) is 71.9 Å². The monoisotopic (exact) mass is 424 g/mol. The van der Waals surface area contributed by atoms with Crippen molar-refractivity contribution in [1.29, 1.82) is 0 Å². The van der Waals surface area contributed by atoms with Crippen molar-refractivity contribution < 1.29 is 13.2 Å². The average molecular weight is 425 g/mol. The molecule has 7 nitrogen and oxygen atoms in total. The van der Waals surface area contributed by atoms with Gasteiger partial charge in [0.25, 0.3) is 0 Å². The van der Waals surface area contributed by atoms with Crippen LogP contribution in [0.1, 0.15) is 24.0 Å².